The number of thiazole rings is 1. The molecule has 0 bridgehead atoms. The van der Waals surface area contributed by atoms with Crippen LogP contribution in [0.3, 0.4) is 0 Å². The predicted octanol–water partition coefficient (Wildman–Crippen LogP) is 5.55. The number of carbonyl (C=O) groups excluding carboxylic acids is 1. The Bertz CT molecular complexity index is 2020. The number of carbonyl (C=O) groups is 1. The number of nitrogens with zero attached hydrogens (tertiary/aromatic N) is 2. The molecule has 7 heteroatoms. The van der Waals surface area contributed by atoms with E-state index in [1.54, 1.807) is 43.5 Å². The van der Waals surface area contributed by atoms with Crippen LogP contribution in [0.15, 0.2) is 118 Å². The standard InChI is InChI=1S/C35H26N2O4S/c1-40-26-18-13-25(14-19-26)34(39)41-27-16-11-22(12-17-27)21-30-33(38)37-32(24-8-3-2-4-9-24)29-20-15-23-7-5-6-10-28(23)31(29)36-35(37)42-30/h2-14,16-19,21,32H,15,20H2,1H3/b30-21-/t32-/m0/s1. The van der Waals surface area contributed by atoms with Crippen LogP contribution in [-0.4, -0.2) is 17.6 Å². The maximum absolute atomic E-state index is 13.9. The van der Waals surface area contributed by atoms with Crippen molar-refractivity contribution in [3.63, 3.8) is 0 Å². The van der Waals surface area contributed by atoms with Crippen molar-refractivity contribution in [2.45, 2.75) is 18.9 Å². The molecule has 0 fully saturated rings. The number of ether oxygens (including phenoxy) is 2. The second-order valence-corrected chi connectivity index (χ2v) is 11.2. The first-order valence-corrected chi connectivity index (χ1v) is 14.5. The first-order chi connectivity index (χ1) is 20.6. The van der Waals surface area contributed by atoms with Crippen molar-refractivity contribution < 1.29 is 14.3 Å². The minimum Gasteiger partial charge on any atom is -0.497 e. The number of methoxy groups -OCH3 is 1. The molecular formula is C35H26N2O4S. The third kappa shape index (κ3) is 4.67. The molecule has 2 heterocycles. The molecule has 1 atom stereocenters. The van der Waals surface area contributed by atoms with Crippen molar-refractivity contribution in [2.75, 3.05) is 7.11 Å². The number of allylic oxidation sites excluding steroid dienone is 1. The fourth-order valence-electron chi connectivity index (χ4n) is 5.63. The van der Waals surface area contributed by atoms with Crippen LogP contribution < -0.4 is 24.4 Å². The zero-order chi connectivity index (χ0) is 28.6. The molecule has 5 aromatic rings. The highest BCUT2D eigenvalue weighted by Gasteiger charge is 2.32. The Morgan fingerprint density at radius 1 is 0.881 bits per heavy atom. The van der Waals surface area contributed by atoms with Gasteiger partial charge >= 0.3 is 5.97 Å². The Labute approximate surface area is 246 Å². The zero-order valence-electron chi connectivity index (χ0n) is 22.8. The van der Waals surface area contributed by atoms with Gasteiger partial charge in [-0.1, -0.05) is 78.1 Å². The van der Waals surface area contributed by atoms with Crippen LogP contribution >= 0.6 is 11.3 Å². The van der Waals surface area contributed by atoms with Gasteiger partial charge in [-0.25, -0.2) is 9.79 Å². The van der Waals surface area contributed by atoms with Gasteiger partial charge in [0, 0.05) is 5.56 Å². The van der Waals surface area contributed by atoms with Crippen molar-refractivity contribution in [1.82, 2.24) is 4.57 Å². The zero-order valence-corrected chi connectivity index (χ0v) is 23.6. The fraction of sp³-hybridized carbons (Fsp3) is 0.114. The highest BCUT2D eigenvalue weighted by Crippen LogP contribution is 2.41. The molecule has 2 aliphatic rings. The molecule has 1 aromatic heterocycles. The maximum atomic E-state index is 13.9. The van der Waals surface area contributed by atoms with Gasteiger partial charge in [-0.2, -0.15) is 0 Å². The molecule has 0 N–H and O–H groups in total. The third-order valence-electron chi connectivity index (χ3n) is 7.70. The number of hydrogen-bond acceptors (Lipinski definition) is 6. The Morgan fingerprint density at radius 3 is 2.36 bits per heavy atom. The summed E-state index contributed by atoms with van der Waals surface area (Å²) in [6.07, 6.45) is 3.65. The van der Waals surface area contributed by atoms with Gasteiger partial charge in [0.25, 0.3) is 5.56 Å². The third-order valence-corrected chi connectivity index (χ3v) is 8.69. The van der Waals surface area contributed by atoms with Crippen molar-refractivity contribution in [3.8, 4) is 11.5 Å². The quantitative estimate of drug-likeness (QED) is 0.205. The van der Waals surface area contributed by atoms with Gasteiger partial charge < -0.3 is 9.47 Å². The molecule has 206 valence electrons. The topological polar surface area (TPSA) is 69.9 Å². The van der Waals surface area contributed by atoms with Crippen LogP contribution in [0.5, 0.6) is 11.5 Å². The van der Waals surface area contributed by atoms with E-state index in [0.717, 1.165) is 35.2 Å². The van der Waals surface area contributed by atoms with E-state index in [0.29, 0.717) is 26.4 Å². The van der Waals surface area contributed by atoms with E-state index >= 15 is 0 Å². The van der Waals surface area contributed by atoms with Crippen molar-refractivity contribution in [2.24, 2.45) is 4.99 Å². The Hall–Kier alpha value is -5.01. The molecule has 0 amide bonds. The molecule has 4 aromatic carbocycles. The molecule has 1 aliphatic heterocycles. The number of benzene rings is 4. The molecule has 0 radical (unpaired) electrons. The number of esters is 1. The van der Waals surface area contributed by atoms with Crippen LogP contribution in [0.4, 0.5) is 0 Å². The predicted molar refractivity (Wildman–Crippen MR) is 164 cm³/mol. The summed E-state index contributed by atoms with van der Waals surface area (Å²) in [6.45, 7) is 0. The summed E-state index contributed by atoms with van der Waals surface area (Å²) in [6, 6.07) is 32.3. The van der Waals surface area contributed by atoms with Crippen LogP contribution in [-0.2, 0) is 6.42 Å². The van der Waals surface area contributed by atoms with Crippen LogP contribution in [0.1, 0.15) is 45.1 Å². The van der Waals surface area contributed by atoms with Crippen molar-refractivity contribution in [1.29, 1.82) is 0 Å². The van der Waals surface area contributed by atoms with Crippen LogP contribution in [0, 0.1) is 0 Å². The average molecular weight is 571 g/mol. The van der Waals surface area contributed by atoms with Crippen molar-refractivity contribution in [3.05, 3.63) is 156 Å². The fourth-order valence-corrected chi connectivity index (χ4v) is 6.64. The lowest BCUT2D eigenvalue weighted by molar-refractivity contribution is 0.0734. The van der Waals surface area contributed by atoms with E-state index in [9.17, 15) is 9.59 Å². The summed E-state index contributed by atoms with van der Waals surface area (Å²) in [4.78, 5) is 32.2. The first kappa shape index (κ1) is 25.9. The summed E-state index contributed by atoms with van der Waals surface area (Å²) in [5.41, 5.74) is 6.89. The Morgan fingerprint density at radius 2 is 1.60 bits per heavy atom. The summed E-state index contributed by atoms with van der Waals surface area (Å²) >= 11 is 1.40. The van der Waals surface area contributed by atoms with Crippen LogP contribution in [0.2, 0.25) is 0 Å². The largest absolute Gasteiger partial charge is 0.497 e. The van der Waals surface area contributed by atoms with E-state index in [1.165, 1.54) is 22.5 Å². The average Bonchev–Trinajstić information content (AvgIpc) is 3.35. The van der Waals surface area contributed by atoms with Gasteiger partial charge in [-0.05, 0) is 77.6 Å². The highest BCUT2D eigenvalue weighted by atomic mass is 32.1. The molecule has 7 rings (SSSR count). The van der Waals surface area contributed by atoms with Gasteiger partial charge in [-0.3, -0.25) is 9.36 Å². The molecule has 1 aliphatic carbocycles. The number of rotatable bonds is 5. The second kappa shape index (κ2) is 10.8. The SMILES string of the molecule is COc1ccc(C(=O)Oc2ccc(/C=c3\sc4n(c3=O)[C@@H](c3ccccc3)C3=C(N=4)c4ccccc4CC3)cc2)cc1. The van der Waals surface area contributed by atoms with Gasteiger partial charge in [-0.15, -0.1) is 0 Å². The van der Waals surface area contributed by atoms with E-state index in [2.05, 4.69) is 36.4 Å². The lowest BCUT2D eigenvalue weighted by Crippen LogP contribution is -2.38. The Balaban J connectivity index is 1.24. The smallest absolute Gasteiger partial charge is 0.343 e. The number of fused-ring (bicyclic) bond motifs is 3. The molecular weight excluding hydrogens is 544 g/mol. The maximum Gasteiger partial charge on any atom is 0.343 e. The van der Waals surface area contributed by atoms with Crippen LogP contribution in [0.25, 0.3) is 11.8 Å². The van der Waals surface area contributed by atoms with E-state index in [-0.39, 0.29) is 11.6 Å². The lowest BCUT2D eigenvalue weighted by Gasteiger charge is -2.30. The minimum absolute atomic E-state index is 0.0620. The summed E-state index contributed by atoms with van der Waals surface area (Å²) in [5.74, 6) is 0.635. The van der Waals surface area contributed by atoms with Gasteiger partial charge in [0.1, 0.15) is 11.5 Å². The minimum atomic E-state index is -0.454. The van der Waals surface area contributed by atoms with Gasteiger partial charge in [0.2, 0.25) is 0 Å². The summed E-state index contributed by atoms with van der Waals surface area (Å²) in [7, 11) is 1.57. The van der Waals surface area contributed by atoms with E-state index in [1.807, 2.05) is 41.0 Å². The van der Waals surface area contributed by atoms with Crippen molar-refractivity contribution >= 4 is 29.1 Å². The molecule has 0 saturated carbocycles. The molecule has 0 saturated heterocycles. The highest BCUT2D eigenvalue weighted by molar-refractivity contribution is 7.07. The number of hydrogen-bond donors (Lipinski definition) is 0. The molecule has 0 spiro atoms. The number of aromatic nitrogens is 1. The molecule has 0 unspecified atom stereocenters. The number of aryl methyl sites for hydroxylation is 1. The summed E-state index contributed by atoms with van der Waals surface area (Å²) < 4.78 is 13.1. The second-order valence-electron chi connectivity index (χ2n) is 10.2. The normalized spacial score (nSPS) is 15.7. The van der Waals surface area contributed by atoms with E-state index in [4.69, 9.17) is 14.5 Å². The lowest BCUT2D eigenvalue weighted by atomic mass is 9.83. The van der Waals surface area contributed by atoms with Gasteiger partial charge in [0.15, 0.2) is 4.80 Å². The first-order valence-electron chi connectivity index (χ1n) is 13.7. The molecule has 42 heavy (non-hydrogen) atoms. The molecule has 6 nitrogen and oxygen atoms in total. The Kier molecular flexibility index (Phi) is 6.64. The summed E-state index contributed by atoms with van der Waals surface area (Å²) in [5, 5.41) is 0. The van der Waals surface area contributed by atoms with Gasteiger partial charge in [0.05, 0.1) is 28.9 Å². The monoisotopic (exact) mass is 570 g/mol. The van der Waals surface area contributed by atoms with E-state index < -0.39 is 5.97 Å².